The molecule has 0 aliphatic heterocycles. The zero-order valence-corrected chi connectivity index (χ0v) is 16.1. The Bertz CT molecular complexity index is 1140. The SMILES string of the molecule is O=C(O)c1ccc(CCc2ccc(-n3cccn3)cc2)cc1Nc1ccc(F)cc1. The zero-order chi connectivity index (χ0) is 20.9. The summed E-state index contributed by atoms with van der Waals surface area (Å²) in [6.45, 7) is 0. The molecule has 0 bridgehead atoms. The topological polar surface area (TPSA) is 67.1 Å². The van der Waals surface area contributed by atoms with Gasteiger partial charge in [0.25, 0.3) is 0 Å². The number of anilines is 2. The minimum Gasteiger partial charge on any atom is -0.478 e. The highest BCUT2D eigenvalue weighted by molar-refractivity contribution is 5.95. The van der Waals surface area contributed by atoms with E-state index in [4.69, 9.17) is 0 Å². The number of aryl methyl sites for hydroxylation is 2. The second-order valence-corrected chi connectivity index (χ2v) is 6.93. The van der Waals surface area contributed by atoms with Crippen molar-refractivity contribution < 1.29 is 14.3 Å². The second-order valence-electron chi connectivity index (χ2n) is 6.93. The third kappa shape index (κ3) is 4.55. The smallest absolute Gasteiger partial charge is 0.337 e. The van der Waals surface area contributed by atoms with Crippen LogP contribution in [0.1, 0.15) is 21.5 Å². The van der Waals surface area contributed by atoms with Crippen molar-refractivity contribution in [3.05, 3.63) is 108 Å². The first-order valence-electron chi connectivity index (χ1n) is 9.56. The van der Waals surface area contributed by atoms with Gasteiger partial charge in [0.05, 0.1) is 16.9 Å². The quantitative estimate of drug-likeness (QED) is 0.445. The van der Waals surface area contributed by atoms with Crippen molar-refractivity contribution in [3.63, 3.8) is 0 Å². The number of nitrogens with zero attached hydrogens (tertiary/aromatic N) is 2. The number of aromatic carboxylic acids is 1. The van der Waals surface area contributed by atoms with E-state index in [0.29, 0.717) is 11.4 Å². The van der Waals surface area contributed by atoms with E-state index in [9.17, 15) is 14.3 Å². The largest absolute Gasteiger partial charge is 0.478 e. The number of nitrogens with one attached hydrogen (secondary N) is 1. The predicted molar refractivity (Wildman–Crippen MR) is 114 cm³/mol. The van der Waals surface area contributed by atoms with Gasteiger partial charge in [-0.15, -0.1) is 0 Å². The maximum Gasteiger partial charge on any atom is 0.337 e. The highest BCUT2D eigenvalue weighted by Crippen LogP contribution is 2.24. The summed E-state index contributed by atoms with van der Waals surface area (Å²) in [6.07, 6.45) is 5.22. The lowest BCUT2D eigenvalue weighted by Gasteiger charge is -2.12. The normalized spacial score (nSPS) is 10.7. The summed E-state index contributed by atoms with van der Waals surface area (Å²) in [6, 6.07) is 21.2. The van der Waals surface area contributed by atoms with E-state index >= 15 is 0 Å². The molecule has 6 heteroatoms. The van der Waals surface area contributed by atoms with Gasteiger partial charge in [-0.1, -0.05) is 18.2 Å². The number of aromatic nitrogens is 2. The number of carbonyl (C=O) groups is 1. The first kappa shape index (κ1) is 19.4. The summed E-state index contributed by atoms with van der Waals surface area (Å²) in [5.41, 5.74) is 4.49. The van der Waals surface area contributed by atoms with Crippen molar-refractivity contribution in [2.75, 3.05) is 5.32 Å². The summed E-state index contributed by atoms with van der Waals surface area (Å²) in [5.74, 6) is -1.35. The van der Waals surface area contributed by atoms with Gasteiger partial charge in [0, 0.05) is 18.1 Å². The van der Waals surface area contributed by atoms with Gasteiger partial charge in [-0.3, -0.25) is 0 Å². The zero-order valence-electron chi connectivity index (χ0n) is 16.1. The van der Waals surface area contributed by atoms with Crippen LogP contribution in [0.3, 0.4) is 0 Å². The number of carboxylic acid groups (broad SMARTS) is 1. The van der Waals surface area contributed by atoms with Gasteiger partial charge in [-0.05, 0) is 78.6 Å². The van der Waals surface area contributed by atoms with Gasteiger partial charge in [-0.2, -0.15) is 5.10 Å². The number of hydrogen-bond donors (Lipinski definition) is 2. The molecule has 0 atom stereocenters. The molecule has 0 radical (unpaired) electrons. The number of carboxylic acids is 1. The molecule has 3 aromatic carbocycles. The van der Waals surface area contributed by atoms with Crippen LogP contribution in [0.25, 0.3) is 5.69 Å². The van der Waals surface area contributed by atoms with Crippen LogP contribution in [0.5, 0.6) is 0 Å². The molecule has 0 aliphatic carbocycles. The minimum atomic E-state index is -1.01. The molecule has 2 N–H and O–H groups in total. The van der Waals surface area contributed by atoms with E-state index in [1.165, 1.54) is 17.7 Å². The van der Waals surface area contributed by atoms with Crippen LogP contribution >= 0.6 is 0 Å². The molecule has 4 rings (SSSR count). The fourth-order valence-corrected chi connectivity index (χ4v) is 3.25. The van der Waals surface area contributed by atoms with Crippen LogP contribution < -0.4 is 5.32 Å². The number of benzene rings is 3. The van der Waals surface area contributed by atoms with E-state index in [2.05, 4.69) is 22.5 Å². The molecular formula is C24H20FN3O2. The van der Waals surface area contributed by atoms with Crippen molar-refractivity contribution in [3.8, 4) is 5.69 Å². The Morgan fingerprint density at radius 1 is 0.967 bits per heavy atom. The third-order valence-corrected chi connectivity index (χ3v) is 4.85. The van der Waals surface area contributed by atoms with Crippen LogP contribution in [0.15, 0.2) is 85.2 Å². The lowest BCUT2D eigenvalue weighted by Crippen LogP contribution is -2.04. The Labute approximate surface area is 173 Å². The molecule has 1 heterocycles. The molecule has 0 amide bonds. The van der Waals surface area contributed by atoms with E-state index in [-0.39, 0.29) is 11.4 Å². The monoisotopic (exact) mass is 401 g/mol. The summed E-state index contributed by atoms with van der Waals surface area (Å²) in [7, 11) is 0. The Kier molecular flexibility index (Phi) is 5.57. The molecule has 0 unspecified atom stereocenters. The van der Waals surface area contributed by atoms with Gasteiger partial charge < -0.3 is 10.4 Å². The first-order valence-corrected chi connectivity index (χ1v) is 9.56. The molecule has 0 aliphatic rings. The summed E-state index contributed by atoms with van der Waals surface area (Å²) in [4.78, 5) is 11.6. The van der Waals surface area contributed by atoms with Crippen molar-refractivity contribution in [2.24, 2.45) is 0 Å². The van der Waals surface area contributed by atoms with Crippen molar-refractivity contribution >= 4 is 17.3 Å². The Hall–Kier alpha value is -3.93. The molecule has 1 aromatic heterocycles. The molecule has 0 fully saturated rings. The van der Waals surface area contributed by atoms with Gasteiger partial charge >= 0.3 is 5.97 Å². The van der Waals surface area contributed by atoms with E-state index in [1.807, 2.05) is 41.2 Å². The maximum absolute atomic E-state index is 13.1. The third-order valence-electron chi connectivity index (χ3n) is 4.85. The molecular weight excluding hydrogens is 381 g/mol. The van der Waals surface area contributed by atoms with Gasteiger partial charge in [0.1, 0.15) is 5.82 Å². The number of hydrogen-bond acceptors (Lipinski definition) is 3. The maximum atomic E-state index is 13.1. The Balaban J connectivity index is 1.48. The average molecular weight is 401 g/mol. The summed E-state index contributed by atoms with van der Waals surface area (Å²) < 4.78 is 14.9. The van der Waals surface area contributed by atoms with Crippen LogP contribution in [0.2, 0.25) is 0 Å². The number of rotatable bonds is 7. The standard InChI is InChI=1S/C24H20FN3O2/c25-19-7-9-20(10-8-19)27-23-16-18(6-13-22(23)24(29)30)3-2-17-4-11-21(12-5-17)28-15-1-14-26-28/h1,4-16,27H,2-3H2,(H,29,30). The fourth-order valence-electron chi connectivity index (χ4n) is 3.25. The first-order chi connectivity index (χ1) is 14.6. The van der Waals surface area contributed by atoms with Gasteiger partial charge in [0.2, 0.25) is 0 Å². The van der Waals surface area contributed by atoms with Crippen LogP contribution in [0.4, 0.5) is 15.8 Å². The highest BCUT2D eigenvalue weighted by Gasteiger charge is 2.11. The molecule has 0 saturated carbocycles. The number of halogens is 1. The van der Waals surface area contributed by atoms with Crippen molar-refractivity contribution in [1.29, 1.82) is 0 Å². The molecule has 4 aromatic rings. The lowest BCUT2D eigenvalue weighted by molar-refractivity contribution is 0.0698. The Morgan fingerprint density at radius 2 is 1.67 bits per heavy atom. The predicted octanol–water partition coefficient (Wildman–Crippen LogP) is 5.24. The fraction of sp³-hybridized carbons (Fsp3) is 0.0833. The highest BCUT2D eigenvalue weighted by atomic mass is 19.1. The van der Waals surface area contributed by atoms with Gasteiger partial charge in [0.15, 0.2) is 0 Å². The molecule has 150 valence electrons. The summed E-state index contributed by atoms with van der Waals surface area (Å²) >= 11 is 0. The van der Waals surface area contributed by atoms with Gasteiger partial charge in [-0.25, -0.2) is 13.9 Å². The minimum absolute atomic E-state index is 0.173. The van der Waals surface area contributed by atoms with Crippen molar-refractivity contribution in [1.82, 2.24) is 9.78 Å². The Morgan fingerprint density at radius 3 is 2.33 bits per heavy atom. The average Bonchev–Trinajstić information content (AvgIpc) is 3.29. The molecule has 0 saturated heterocycles. The van der Waals surface area contributed by atoms with E-state index in [0.717, 1.165) is 24.1 Å². The lowest BCUT2D eigenvalue weighted by atomic mass is 10.0. The van der Waals surface area contributed by atoms with Crippen LogP contribution in [0, 0.1) is 5.82 Å². The molecule has 0 spiro atoms. The van der Waals surface area contributed by atoms with Crippen LogP contribution in [-0.4, -0.2) is 20.9 Å². The second kappa shape index (κ2) is 8.61. The van der Waals surface area contributed by atoms with Crippen LogP contribution in [-0.2, 0) is 12.8 Å². The molecule has 5 nitrogen and oxygen atoms in total. The van der Waals surface area contributed by atoms with E-state index < -0.39 is 5.97 Å². The molecule has 30 heavy (non-hydrogen) atoms. The van der Waals surface area contributed by atoms with Crippen molar-refractivity contribution in [2.45, 2.75) is 12.8 Å². The van der Waals surface area contributed by atoms with E-state index in [1.54, 1.807) is 24.4 Å². The summed E-state index contributed by atoms with van der Waals surface area (Å²) in [5, 5.41) is 16.8.